The molecule has 0 saturated carbocycles. The first kappa shape index (κ1) is 12.8. The molecule has 0 fully saturated rings. The van der Waals surface area contributed by atoms with Gasteiger partial charge in [-0.3, -0.25) is 0 Å². The van der Waals surface area contributed by atoms with Crippen molar-refractivity contribution in [1.29, 1.82) is 0 Å². The molecule has 1 rings (SSSR count). The van der Waals surface area contributed by atoms with Crippen LogP contribution in [0.25, 0.3) is 0 Å². The molecule has 0 aliphatic heterocycles. The summed E-state index contributed by atoms with van der Waals surface area (Å²) in [6.45, 7) is 3.83. The molecule has 1 aromatic carbocycles. The van der Waals surface area contributed by atoms with Gasteiger partial charge in [0.1, 0.15) is 5.75 Å². The number of aryl methyl sites for hydroxylation is 1. The van der Waals surface area contributed by atoms with Crippen LogP contribution in [0.2, 0.25) is 0 Å². The van der Waals surface area contributed by atoms with Gasteiger partial charge < -0.3 is 9.84 Å². The Morgan fingerprint density at radius 2 is 2.00 bits per heavy atom. The molecule has 1 aromatic rings. The standard InChI is InChI=1S/C14H20O2/c1-11(10-12(2)15)4-5-13-6-8-14(16-3)9-7-13/h6-10,12,15H,4-5H2,1-3H3/b11-10+. The Morgan fingerprint density at radius 3 is 2.50 bits per heavy atom. The molecule has 0 spiro atoms. The third-order valence-corrected chi connectivity index (χ3v) is 2.49. The maximum absolute atomic E-state index is 9.20. The summed E-state index contributed by atoms with van der Waals surface area (Å²) in [6, 6.07) is 8.11. The van der Waals surface area contributed by atoms with Gasteiger partial charge in [0.25, 0.3) is 0 Å². The SMILES string of the molecule is COc1ccc(CC/C(C)=C/C(C)O)cc1. The molecule has 0 aliphatic rings. The Morgan fingerprint density at radius 1 is 1.38 bits per heavy atom. The zero-order valence-electron chi connectivity index (χ0n) is 10.2. The lowest BCUT2D eigenvalue weighted by Crippen LogP contribution is -1.96. The van der Waals surface area contributed by atoms with Gasteiger partial charge in [-0.2, -0.15) is 0 Å². The number of methoxy groups -OCH3 is 1. The van der Waals surface area contributed by atoms with Gasteiger partial charge in [-0.05, 0) is 44.4 Å². The van der Waals surface area contributed by atoms with E-state index in [1.54, 1.807) is 14.0 Å². The van der Waals surface area contributed by atoms with E-state index in [2.05, 4.69) is 19.1 Å². The minimum Gasteiger partial charge on any atom is -0.497 e. The van der Waals surface area contributed by atoms with E-state index in [1.807, 2.05) is 18.2 Å². The fraction of sp³-hybridized carbons (Fsp3) is 0.429. The number of allylic oxidation sites excluding steroid dienone is 1. The van der Waals surface area contributed by atoms with E-state index in [9.17, 15) is 5.11 Å². The maximum Gasteiger partial charge on any atom is 0.118 e. The number of aliphatic hydroxyl groups is 1. The zero-order valence-corrected chi connectivity index (χ0v) is 10.2. The van der Waals surface area contributed by atoms with Crippen molar-refractivity contribution >= 4 is 0 Å². The smallest absolute Gasteiger partial charge is 0.118 e. The van der Waals surface area contributed by atoms with Crippen LogP contribution in [0.1, 0.15) is 25.8 Å². The monoisotopic (exact) mass is 220 g/mol. The van der Waals surface area contributed by atoms with Gasteiger partial charge in [0.15, 0.2) is 0 Å². The van der Waals surface area contributed by atoms with Gasteiger partial charge in [0.05, 0.1) is 13.2 Å². The molecule has 16 heavy (non-hydrogen) atoms. The highest BCUT2D eigenvalue weighted by molar-refractivity contribution is 5.27. The maximum atomic E-state index is 9.20. The number of aliphatic hydroxyl groups excluding tert-OH is 1. The number of benzene rings is 1. The van der Waals surface area contributed by atoms with Crippen molar-refractivity contribution in [1.82, 2.24) is 0 Å². The Kier molecular flexibility index (Phi) is 5.06. The summed E-state index contributed by atoms with van der Waals surface area (Å²) in [6.07, 6.45) is 3.52. The molecule has 1 unspecified atom stereocenters. The second-order valence-corrected chi connectivity index (χ2v) is 4.10. The van der Waals surface area contributed by atoms with Gasteiger partial charge in [-0.25, -0.2) is 0 Å². The van der Waals surface area contributed by atoms with Crippen LogP contribution in [0.5, 0.6) is 5.75 Å². The number of rotatable bonds is 5. The fourth-order valence-electron chi connectivity index (χ4n) is 1.63. The molecule has 0 amide bonds. The average Bonchev–Trinajstić information content (AvgIpc) is 2.26. The van der Waals surface area contributed by atoms with E-state index in [4.69, 9.17) is 4.74 Å². The first-order chi connectivity index (χ1) is 7.61. The van der Waals surface area contributed by atoms with Gasteiger partial charge in [-0.15, -0.1) is 0 Å². The van der Waals surface area contributed by atoms with Gasteiger partial charge in [0.2, 0.25) is 0 Å². The predicted molar refractivity (Wildman–Crippen MR) is 66.8 cm³/mol. The van der Waals surface area contributed by atoms with Crippen LogP contribution in [-0.2, 0) is 6.42 Å². The largest absolute Gasteiger partial charge is 0.497 e. The normalized spacial score (nSPS) is 13.6. The molecule has 0 bridgehead atoms. The van der Waals surface area contributed by atoms with Crippen LogP contribution in [0, 0.1) is 0 Å². The molecule has 0 aromatic heterocycles. The first-order valence-electron chi connectivity index (χ1n) is 5.60. The van der Waals surface area contributed by atoms with Gasteiger partial charge >= 0.3 is 0 Å². The predicted octanol–water partition coefficient (Wildman–Crippen LogP) is 2.95. The third kappa shape index (κ3) is 4.49. The van der Waals surface area contributed by atoms with E-state index in [1.165, 1.54) is 11.1 Å². The molecule has 1 atom stereocenters. The van der Waals surface area contributed by atoms with Crippen LogP contribution in [-0.4, -0.2) is 18.3 Å². The topological polar surface area (TPSA) is 29.5 Å². The van der Waals surface area contributed by atoms with Crippen LogP contribution in [0.4, 0.5) is 0 Å². The molecule has 1 N–H and O–H groups in total. The minimum atomic E-state index is -0.351. The molecule has 88 valence electrons. The van der Waals surface area contributed by atoms with Crippen LogP contribution >= 0.6 is 0 Å². The molecule has 0 saturated heterocycles. The van der Waals surface area contributed by atoms with Gasteiger partial charge in [-0.1, -0.05) is 23.8 Å². The lowest BCUT2D eigenvalue weighted by Gasteiger charge is -2.05. The van der Waals surface area contributed by atoms with Crippen molar-refractivity contribution in [3.63, 3.8) is 0 Å². The van der Waals surface area contributed by atoms with Crippen molar-refractivity contribution in [3.8, 4) is 5.75 Å². The summed E-state index contributed by atoms with van der Waals surface area (Å²) in [5.74, 6) is 0.889. The highest BCUT2D eigenvalue weighted by Gasteiger charge is 1.97. The Labute approximate surface area is 97.6 Å². The second-order valence-electron chi connectivity index (χ2n) is 4.10. The highest BCUT2D eigenvalue weighted by atomic mass is 16.5. The summed E-state index contributed by atoms with van der Waals surface area (Å²) in [5.41, 5.74) is 2.52. The molecule has 0 radical (unpaired) electrons. The van der Waals surface area contributed by atoms with E-state index >= 15 is 0 Å². The average molecular weight is 220 g/mol. The van der Waals surface area contributed by atoms with E-state index in [0.29, 0.717) is 0 Å². The number of hydrogen-bond donors (Lipinski definition) is 1. The molecule has 2 heteroatoms. The summed E-state index contributed by atoms with van der Waals surface area (Å²) in [5, 5.41) is 9.20. The summed E-state index contributed by atoms with van der Waals surface area (Å²) >= 11 is 0. The van der Waals surface area contributed by atoms with Crippen molar-refractivity contribution in [2.24, 2.45) is 0 Å². The number of ether oxygens (including phenoxy) is 1. The minimum absolute atomic E-state index is 0.351. The van der Waals surface area contributed by atoms with E-state index in [0.717, 1.165) is 18.6 Å². The van der Waals surface area contributed by atoms with E-state index < -0.39 is 0 Å². The highest BCUT2D eigenvalue weighted by Crippen LogP contribution is 2.14. The van der Waals surface area contributed by atoms with Crippen molar-refractivity contribution < 1.29 is 9.84 Å². The molecule has 0 heterocycles. The quantitative estimate of drug-likeness (QED) is 0.773. The molecular formula is C14H20O2. The fourth-order valence-corrected chi connectivity index (χ4v) is 1.63. The lowest BCUT2D eigenvalue weighted by atomic mass is 10.0. The van der Waals surface area contributed by atoms with Crippen LogP contribution in [0.3, 0.4) is 0 Å². The molecule has 0 aliphatic carbocycles. The molecule has 2 nitrogen and oxygen atoms in total. The van der Waals surface area contributed by atoms with Crippen molar-refractivity contribution in [2.75, 3.05) is 7.11 Å². The van der Waals surface area contributed by atoms with E-state index in [-0.39, 0.29) is 6.10 Å². The Balaban J connectivity index is 2.48. The van der Waals surface area contributed by atoms with Crippen molar-refractivity contribution in [3.05, 3.63) is 41.5 Å². The zero-order chi connectivity index (χ0) is 12.0. The van der Waals surface area contributed by atoms with Crippen LogP contribution < -0.4 is 4.74 Å². The van der Waals surface area contributed by atoms with Crippen LogP contribution in [0.15, 0.2) is 35.9 Å². The third-order valence-electron chi connectivity index (χ3n) is 2.49. The molecular weight excluding hydrogens is 200 g/mol. The summed E-state index contributed by atoms with van der Waals surface area (Å²) < 4.78 is 5.10. The van der Waals surface area contributed by atoms with Crippen molar-refractivity contribution in [2.45, 2.75) is 32.8 Å². The number of hydrogen-bond acceptors (Lipinski definition) is 2. The van der Waals surface area contributed by atoms with Gasteiger partial charge in [0, 0.05) is 0 Å². The first-order valence-corrected chi connectivity index (χ1v) is 5.60. The second kappa shape index (κ2) is 6.33. The summed E-state index contributed by atoms with van der Waals surface area (Å²) in [7, 11) is 1.67. The Bertz CT molecular complexity index is 336. The summed E-state index contributed by atoms with van der Waals surface area (Å²) in [4.78, 5) is 0. The Hall–Kier alpha value is -1.28. The lowest BCUT2D eigenvalue weighted by molar-refractivity contribution is 0.243.